The molecule has 1 N–H and O–H groups in total. The van der Waals surface area contributed by atoms with E-state index in [1.165, 1.54) is 0 Å². The number of amides is 1. The summed E-state index contributed by atoms with van der Waals surface area (Å²) in [6.07, 6.45) is 4.39. The molecule has 0 spiro atoms. The van der Waals surface area contributed by atoms with Crippen molar-refractivity contribution in [2.45, 2.75) is 18.4 Å². The Labute approximate surface area is 124 Å². The smallest absolute Gasteiger partial charge is 0.242 e. The Balaban J connectivity index is 1.87. The highest BCUT2D eigenvalue weighted by Gasteiger charge is 2.32. The molecule has 116 valence electrons. The lowest BCUT2D eigenvalue weighted by molar-refractivity contribution is -0.135. The molecule has 0 aliphatic carbocycles. The molecule has 0 atom stereocenters. The van der Waals surface area contributed by atoms with Crippen LogP contribution in [0.5, 0.6) is 0 Å². The molecule has 7 nitrogen and oxygen atoms in total. The van der Waals surface area contributed by atoms with Crippen molar-refractivity contribution in [2.75, 3.05) is 45.3 Å². The second-order valence-corrected chi connectivity index (χ2v) is 5.49. The Hall–Kier alpha value is -1.73. The molecule has 2 heterocycles. The van der Waals surface area contributed by atoms with E-state index >= 15 is 0 Å². The molecule has 1 aromatic rings. The highest BCUT2D eigenvalue weighted by molar-refractivity contribution is 5.80. The van der Waals surface area contributed by atoms with Gasteiger partial charge in [0.2, 0.25) is 11.9 Å². The molecule has 0 radical (unpaired) electrons. The molecular formula is C14H22N4O3. The largest absolute Gasteiger partial charge is 0.388 e. The van der Waals surface area contributed by atoms with Gasteiger partial charge >= 0.3 is 0 Å². The zero-order valence-corrected chi connectivity index (χ0v) is 12.5. The Morgan fingerprint density at radius 2 is 1.95 bits per heavy atom. The average molecular weight is 294 g/mol. The van der Waals surface area contributed by atoms with Gasteiger partial charge in [0.15, 0.2) is 0 Å². The first-order valence-electron chi connectivity index (χ1n) is 7.02. The predicted octanol–water partition coefficient (Wildman–Crippen LogP) is -0.0873. The third kappa shape index (κ3) is 4.37. The molecule has 0 aromatic carbocycles. The number of rotatable bonds is 5. The summed E-state index contributed by atoms with van der Waals surface area (Å²) in [5.41, 5.74) is -0.843. The topological polar surface area (TPSA) is 78.8 Å². The molecule has 1 aliphatic heterocycles. The van der Waals surface area contributed by atoms with Crippen LogP contribution in [-0.2, 0) is 9.53 Å². The number of carbonyl (C=O) groups is 1. The molecule has 1 aliphatic rings. The number of ether oxygens (including phenoxy) is 1. The monoisotopic (exact) mass is 294 g/mol. The number of hydrogen-bond acceptors (Lipinski definition) is 6. The van der Waals surface area contributed by atoms with E-state index in [1.54, 1.807) is 42.4 Å². The summed E-state index contributed by atoms with van der Waals surface area (Å²) in [6.45, 7) is 1.57. The van der Waals surface area contributed by atoms with E-state index in [9.17, 15) is 9.90 Å². The summed E-state index contributed by atoms with van der Waals surface area (Å²) in [5.74, 6) is 0.425. The van der Waals surface area contributed by atoms with Gasteiger partial charge in [0.25, 0.3) is 0 Å². The fraction of sp³-hybridized carbons (Fsp3) is 0.643. The van der Waals surface area contributed by atoms with Crippen LogP contribution in [0.4, 0.5) is 5.95 Å². The van der Waals surface area contributed by atoms with Crippen molar-refractivity contribution in [2.24, 2.45) is 0 Å². The SMILES string of the molecule is CN(CC1(O)CCOCC1)C(=O)CN(C)c1ncccn1. The van der Waals surface area contributed by atoms with Crippen molar-refractivity contribution in [1.29, 1.82) is 0 Å². The minimum Gasteiger partial charge on any atom is -0.388 e. The van der Waals surface area contributed by atoms with Crippen LogP contribution in [0.15, 0.2) is 18.5 Å². The van der Waals surface area contributed by atoms with Crippen LogP contribution >= 0.6 is 0 Å². The Morgan fingerprint density at radius 1 is 1.33 bits per heavy atom. The van der Waals surface area contributed by atoms with Gasteiger partial charge in [-0.15, -0.1) is 0 Å². The summed E-state index contributed by atoms with van der Waals surface area (Å²) in [7, 11) is 3.47. The van der Waals surface area contributed by atoms with Gasteiger partial charge < -0.3 is 19.6 Å². The van der Waals surface area contributed by atoms with Crippen LogP contribution in [0.2, 0.25) is 0 Å². The van der Waals surface area contributed by atoms with E-state index in [4.69, 9.17) is 4.74 Å². The van der Waals surface area contributed by atoms with Gasteiger partial charge in [0.1, 0.15) is 0 Å². The number of aliphatic hydroxyl groups is 1. The van der Waals surface area contributed by atoms with Crippen LogP contribution < -0.4 is 4.90 Å². The van der Waals surface area contributed by atoms with Gasteiger partial charge in [-0.1, -0.05) is 0 Å². The first-order valence-corrected chi connectivity index (χ1v) is 7.02. The zero-order chi connectivity index (χ0) is 15.3. The predicted molar refractivity (Wildman–Crippen MR) is 77.9 cm³/mol. The van der Waals surface area contributed by atoms with Crippen LogP contribution in [-0.4, -0.2) is 71.9 Å². The second-order valence-electron chi connectivity index (χ2n) is 5.49. The number of anilines is 1. The van der Waals surface area contributed by atoms with Crippen molar-refractivity contribution in [3.05, 3.63) is 18.5 Å². The first kappa shape index (κ1) is 15.7. The highest BCUT2D eigenvalue weighted by Crippen LogP contribution is 2.21. The summed E-state index contributed by atoms with van der Waals surface area (Å²) in [6, 6.07) is 1.73. The van der Waals surface area contributed by atoms with E-state index in [1.807, 2.05) is 0 Å². The van der Waals surface area contributed by atoms with E-state index in [-0.39, 0.29) is 12.5 Å². The van der Waals surface area contributed by atoms with Crippen LogP contribution in [0, 0.1) is 0 Å². The third-order valence-electron chi connectivity index (χ3n) is 3.65. The molecule has 0 unspecified atom stereocenters. The molecule has 1 fully saturated rings. The maximum atomic E-state index is 12.2. The standard InChI is InChI=1S/C14H22N4O3/c1-17(13-15-6-3-7-16-13)10-12(19)18(2)11-14(20)4-8-21-9-5-14/h3,6-7,20H,4-5,8-11H2,1-2H3. The maximum Gasteiger partial charge on any atom is 0.242 e. The molecule has 1 amide bonds. The van der Waals surface area contributed by atoms with Gasteiger partial charge in [-0.05, 0) is 6.07 Å². The number of hydrogen-bond donors (Lipinski definition) is 1. The summed E-state index contributed by atoms with van der Waals surface area (Å²) < 4.78 is 5.24. The Bertz CT molecular complexity index is 463. The van der Waals surface area contributed by atoms with Crippen LogP contribution in [0.1, 0.15) is 12.8 Å². The molecule has 2 rings (SSSR count). The second kappa shape index (κ2) is 6.82. The van der Waals surface area contributed by atoms with Gasteiger partial charge in [-0.2, -0.15) is 0 Å². The lowest BCUT2D eigenvalue weighted by Gasteiger charge is -2.35. The normalized spacial score (nSPS) is 17.3. The maximum absolute atomic E-state index is 12.2. The average Bonchev–Trinajstić information content (AvgIpc) is 2.48. The molecule has 1 saturated heterocycles. The zero-order valence-electron chi connectivity index (χ0n) is 12.5. The quantitative estimate of drug-likeness (QED) is 0.818. The Morgan fingerprint density at radius 3 is 2.57 bits per heavy atom. The van der Waals surface area contributed by atoms with Gasteiger partial charge in [0.05, 0.1) is 12.1 Å². The lowest BCUT2D eigenvalue weighted by atomic mass is 9.94. The minimum atomic E-state index is -0.843. The van der Waals surface area contributed by atoms with Gasteiger partial charge in [0, 0.05) is 59.1 Å². The Kier molecular flexibility index (Phi) is 5.08. The number of aromatic nitrogens is 2. The number of carbonyl (C=O) groups excluding carboxylic acids is 1. The van der Waals surface area contributed by atoms with E-state index in [2.05, 4.69) is 9.97 Å². The molecule has 0 saturated carbocycles. The molecule has 0 bridgehead atoms. The minimum absolute atomic E-state index is 0.0788. The highest BCUT2D eigenvalue weighted by atomic mass is 16.5. The lowest BCUT2D eigenvalue weighted by Crippen LogP contribution is -2.49. The summed E-state index contributed by atoms with van der Waals surface area (Å²) in [5, 5.41) is 10.4. The van der Waals surface area contributed by atoms with Crippen molar-refractivity contribution in [3.8, 4) is 0 Å². The number of nitrogens with zero attached hydrogens (tertiary/aromatic N) is 4. The molecule has 7 heteroatoms. The first-order chi connectivity index (χ1) is 10.0. The van der Waals surface area contributed by atoms with Crippen molar-refractivity contribution in [1.82, 2.24) is 14.9 Å². The van der Waals surface area contributed by atoms with Crippen LogP contribution in [0.25, 0.3) is 0 Å². The van der Waals surface area contributed by atoms with Crippen molar-refractivity contribution < 1.29 is 14.6 Å². The van der Waals surface area contributed by atoms with E-state index in [0.717, 1.165) is 0 Å². The fourth-order valence-corrected chi connectivity index (χ4v) is 2.32. The summed E-state index contributed by atoms with van der Waals surface area (Å²) in [4.78, 5) is 23.7. The summed E-state index contributed by atoms with van der Waals surface area (Å²) >= 11 is 0. The molecule has 21 heavy (non-hydrogen) atoms. The van der Waals surface area contributed by atoms with E-state index in [0.29, 0.717) is 38.5 Å². The third-order valence-corrected chi connectivity index (χ3v) is 3.65. The van der Waals surface area contributed by atoms with E-state index < -0.39 is 5.60 Å². The van der Waals surface area contributed by atoms with Crippen molar-refractivity contribution in [3.63, 3.8) is 0 Å². The van der Waals surface area contributed by atoms with Crippen molar-refractivity contribution >= 4 is 11.9 Å². The molecule has 1 aromatic heterocycles. The van der Waals surface area contributed by atoms with Crippen LogP contribution in [0.3, 0.4) is 0 Å². The van der Waals surface area contributed by atoms with Gasteiger partial charge in [-0.3, -0.25) is 4.79 Å². The number of likely N-dealkylation sites (N-methyl/N-ethyl adjacent to an activating group) is 2. The fourth-order valence-electron chi connectivity index (χ4n) is 2.32. The molecular weight excluding hydrogens is 272 g/mol. The van der Waals surface area contributed by atoms with Gasteiger partial charge in [-0.25, -0.2) is 9.97 Å².